The van der Waals surface area contributed by atoms with Crippen LogP contribution < -0.4 is 5.32 Å². The lowest BCUT2D eigenvalue weighted by molar-refractivity contribution is 0.0609. The molecule has 3 aromatic rings. The fourth-order valence-corrected chi connectivity index (χ4v) is 5.17. The summed E-state index contributed by atoms with van der Waals surface area (Å²) in [5, 5.41) is 6.49. The van der Waals surface area contributed by atoms with Crippen molar-refractivity contribution in [2.24, 2.45) is 5.41 Å². The van der Waals surface area contributed by atoms with Crippen LogP contribution in [0.1, 0.15) is 29.6 Å². The van der Waals surface area contributed by atoms with Gasteiger partial charge in [-0.25, -0.2) is 4.98 Å². The van der Waals surface area contributed by atoms with E-state index >= 15 is 0 Å². The molecule has 2 aliphatic rings. The van der Waals surface area contributed by atoms with E-state index in [1.165, 1.54) is 6.42 Å². The highest BCUT2D eigenvalue weighted by molar-refractivity contribution is 7.13. The number of benzene rings is 1. The molecule has 4 heterocycles. The smallest absolute Gasteiger partial charge is 0.254 e. The molecule has 2 aromatic heterocycles. The Bertz CT molecular complexity index is 966. The maximum atomic E-state index is 13.4. The Morgan fingerprint density at radius 3 is 2.70 bits per heavy atom. The Labute approximate surface area is 163 Å². The summed E-state index contributed by atoms with van der Waals surface area (Å²) in [5.41, 5.74) is 2.98. The number of nitrogens with one attached hydrogen (secondary N) is 1. The number of aromatic nitrogens is 1. The first-order valence-corrected chi connectivity index (χ1v) is 10.6. The number of fused-ring (bicyclic) bond motifs is 1. The highest BCUT2D eigenvalue weighted by Crippen LogP contribution is 2.37. The van der Waals surface area contributed by atoms with Crippen molar-refractivity contribution in [1.82, 2.24) is 15.2 Å². The van der Waals surface area contributed by atoms with Crippen LogP contribution in [0.5, 0.6) is 0 Å². The second-order valence-corrected chi connectivity index (χ2v) is 8.72. The van der Waals surface area contributed by atoms with Crippen molar-refractivity contribution in [3.05, 3.63) is 53.4 Å². The third kappa shape index (κ3) is 3.05. The summed E-state index contributed by atoms with van der Waals surface area (Å²) >= 11 is 1.66. The minimum absolute atomic E-state index is 0.146. The molecule has 0 atom stereocenters. The Hall–Kier alpha value is -2.24. The lowest BCUT2D eigenvalue weighted by Crippen LogP contribution is -2.44. The van der Waals surface area contributed by atoms with Gasteiger partial charge in [0.25, 0.3) is 5.91 Å². The highest BCUT2D eigenvalue weighted by Gasteiger charge is 2.38. The Morgan fingerprint density at radius 2 is 1.96 bits per heavy atom. The van der Waals surface area contributed by atoms with Crippen LogP contribution in [-0.2, 0) is 0 Å². The van der Waals surface area contributed by atoms with Crippen LogP contribution in [0.3, 0.4) is 0 Å². The van der Waals surface area contributed by atoms with Crippen LogP contribution in [0.15, 0.2) is 47.8 Å². The molecule has 1 N–H and O–H groups in total. The number of carbonyl (C=O) groups is 1. The highest BCUT2D eigenvalue weighted by atomic mass is 32.1. The molecule has 1 amide bonds. The normalized spacial score (nSPS) is 19.0. The van der Waals surface area contributed by atoms with Gasteiger partial charge in [-0.1, -0.05) is 24.3 Å². The third-order valence-corrected chi connectivity index (χ3v) is 7.06. The molecule has 0 bridgehead atoms. The number of hydrogen-bond donors (Lipinski definition) is 1. The van der Waals surface area contributed by atoms with E-state index in [0.29, 0.717) is 5.41 Å². The summed E-state index contributed by atoms with van der Waals surface area (Å²) in [6, 6.07) is 14.1. The van der Waals surface area contributed by atoms with Crippen LogP contribution >= 0.6 is 11.3 Å². The molecule has 0 radical (unpaired) electrons. The van der Waals surface area contributed by atoms with Gasteiger partial charge < -0.3 is 10.2 Å². The van der Waals surface area contributed by atoms with Gasteiger partial charge >= 0.3 is 0 Å². The number of rotatable bonds is 2. The maximum absolute atomic E-state index is 13.4. The van der Waals surface area contributed by atoms with Crippen LogP contribution in [-0.4, -0.2) is 42.0 Å². The molecule has 5 rings (SSSR count). The monoisotopic (exact) mass is 377 g/mol. The molecule has 2 saturated heterocycles. The van der Waals surface area contributed by atoms with Crippen molar-refractivity contribution in [3.8, 4) is 10.6 Å². The first kappa shape index (κ1) is 16.9. The summed E-state index contributed by atoms with van der Waals surface area (Å²) in [7, 11) is 0. The molecular formula is C22H23N3OS. The number of pyridine rings is 1. The Morgan fingerprint density at radius 1 is 1.11 bits per heavy atom. The standard InChI is InChI=1S/C22H23N3OS/c26-21(25-11-8-22(9-12-25)7-10-23-15-22)17-14-19(20-6-3-13-27-20)24-18-5-2-1-4-16(17)18/h1-6,13-14,23H,7-12,15H2. The first-order chi connectivity index (χ1) is 13.2. The number of carbonyl (C=O) groups excluding carboxylic acids is 1. The van der Waals surface area contributed by atoms with E-state index in [4.69, 9.17) is 4.98 Å². The number of hydrogen-bond acceptors (Lipinski definition) is 4. The van der Waals surface area contributed by atoms with Crippen LogP contribution in [0.4, 0.5) is 0 Å². The van der Waals surface area contributed by atoms with Crippen LogP contribution in [0.25, 0.3) is 21.5 Å². The summed E-state index contributed by atoms with van der Waals surface area (Å²) in [5.74, 6) is 0.146. The van der Waals surface area contributed by atoms with Crippen molar-refractivity contribution in [2.75, 3.05) is 26.2 Å². The van der Waals surface area contributed by atoms with E-state index in [1.54, 1.807) is 11.3 Å². The maximum Gasteiger partial charge on any atom is 0.254 e. The quantitative estimate of drug-likeness (QED) is 0.729. The van der Waals surface area contributed by atoms with E-state index in [0.717, 1.165) is 66.1 Å². The minimum Gasteiger partial charge on any atom is -0.339 e. The zero-order valence-electron chi connectivity index (χ0n) is 15.3. The van der Waals surface area contributed by atoms with Crippen molar-refractivity contribution in [3.63, 3.8) is 0 Å². The van der Waals surface area contributed by atoms with Crippen molar-refractivity contribution >= 4 is 28.1 Å². The SMILES string of the molecule is O=C(c1cc(-c2cccs2)nc2ccccc12)N1CCC2(CCNC2)CC1. The second kappa shape index (κ2) is 6.73. The average molecular weight is 378 g/mol. The van der Waals surface area contributed by atoms with E-state index in [2.05, 4.69) is 11.4 Å². The van der Waals surface area contributed by atoms with Gasteiger partial charge in [0.2, 0.25) is 0 Å². The number of thiophene rings is 1. The minimum atomic E-state index is 0.146. The van der Waals surface area contributed by atoms with Gasteiger partial charge in [-0.15, -0.1) is 11.3 Å². The summed E-state index contributed by atoms with van der Waals surface area (Å²) < 4.78 is 0. The van der Waals surface area contributed by atoms with Gasteiger partial charge in [-0.2, -0.15) is 0 Å². The number of piperidine rings is 1. The van der Waals surface area contributed by atoms with E-state index in [1.807, 2.05) is 46.7 Å². The van der Waals surface area contributed by atoms with Crippen LogP contribution in [0.2, 0.25) is 0 Å². The largest absolute Gasteiger partial charge is 0.339 e. The Kier molecular flexibility index (Phi) is 4.21. The average Bonchev–Trinajstić information content (AvgIpc) is 3.40. The number of para-hydroxylation sites is 1. The topological polar surface area (TPSA) is 45.2 Å². The first-order valence-electron chi connectivity index (χ1n) is 9.68. The van der Waals surface area contributed by atoms with Crippen molar-refractivity contribution in [1.29, 1.82) is 0 Å². The molecule has 0 aliphatic carbocycles. The molecule has 2 aliphatic heterocycles. The van der Waals surface area contributed by atoms with Gasteiger partial charge in [-0.05, 0) is 54.8 Å². The molecule has 1 spiro atoms. The van der Waals surface area contributed by atoms with Gasteiger partial charge in [-0.3, -0.25) is 4.79 Å². The van der Waals surface area contributed by atoms with E-state index in [9.17, 15) is 4.79 Å². The fourth-order valence-electron chi connectivity index (χ4n) is 4.48. The molecule has 27 heavy (non-hydrogen) atoms. The van der Waals surface area contributed by atoms with E-state index < -0.39 is 0 Å². The summed E-state index contributed by atoms with van der Waals surface area (Å²) in [4.78, 5) is 21.4. The molecule has 1 aromatic carbocycles. The third-order valence-electron chi connectivity index (χ3n) is 6.16. The molecule has 138 valence electrons. The zero-order valence-corrected chi connectivity index (χ0v) is 16.1. The summed E-state index contributed by atoms with van der Waals surface area (Å²) in [6.07, 6.45) is 3.45. The molecule has 2 fully saturated rings. The zero-order chi connectivity index (χ0) is 18.3. The van der Waals surface area contributed by atoms with Gasteiger partial charge in [0.15, 0.2) is 0 Å². The van der Waals surface area contributed by atoms with Gasteiger partial charge in [0, 0.05) is 25.0 Å². The Balaban J connectivity index is 1.49. The molecule has 0 saturated carbocycles. The lowest BCUT2D eigenvalue weighted by atomic mass is 9.77. The van der Waals surface area contributed by atoms with E-state index in [-0.39, 0.29) is 5.91 Å². The summed E-state index contributed by atoms with van der Waals surface area (Å²) in [6.45, 7) is 3.93. The van der Waals surface area contributed by atoms with Gasteiger partial charge in [0.1, 0.15) is 0 Å². The fraction of sp³-hybridized carbons (Fsp3) is 0.364. The number of nitrogens with zero attached hydrogens (tertiary/aromatic N) is 2. The predicted octanol–water partition coefficient (Wildman–Crippen LogP) is 4.18. The number of likely N-dealkylation sites (tertiary alicyclic amines) is 1. The number of amides is 1. The van der Waals surface area contributed by atoms with Gasteiger partial charge in [0.05, 0.1) is 21.7 Å². The van der Waals surface area contributed by atoms with Crippen molar-refractivity contribution < 1.29 is 4.79 Å². The molecule has 0 unspecified atom stereocenters. The molecular weight excluding hydrogens is 354 g/mol. The van der Waals surface area contributed by atoms with Crippen molar-refractivity contribution in [2.45, 2.75) is 19.3 Å². The predicted molar refractivity (Wildman–Crippen MR) is 110 cm³/mol. The molecule has 4 nitrogen and oxygen atoms in total. The van der Waals surface area contributed by atoms with Crippen LogP contribution in [0, 0.1) is 5.41 Å². The second-order valence-electron chi connectivity index (χ2n) is 7.77. The molecule has 5 heteroatoms. The lowest BCUT2D eigenvalue weighted by Gasteiger charge is -2.39.